The van der Waals surface area contributed by atoms with E-state index >= 15 is 0 Å². The van der Waals surface area contributed by atoms with Crippen LogP contribution in [-0.2, 0) is 4.79 Å². The average Bonchev–Trinajstić information content (AvgIpc) is 2.76. The van der Waals surface area contributed by atoms with E-state index in [-0.39, 0.29) is 11.5 Å². The number of fused-ring (bicyclic) bond motifs is 5. The number of rotatable bonds is 0. The van der Waals surface area contributed by atoms with E-state index in [4.69, 9.17) is 0 Å². The van der Waals surface area contributed by atoms with Crippen molar-refractivity contribution in [2.75, 3.05) is 13.6 Å². The van der Waals surface area contributed by atoms with Crippen LogP contribution in [0.4, 0.5) is 0 Å². The molecule has 3 nitrogen and oxygen atoms in total. The van der Waals surface area contributed by atoms with E-state index in [9.17, 15) is 9.90 Å². The van der Waals surface area contributed by atoms with Gasteiger partial charge in [-0.2, -0.15) is 0 Å². The molecule has 0 amide bonds. The number of piperidine rings is 1. The second-order valence-corrected chi connectivity index (χ2v) is 8.96. The molecule has 0 spiro atoms. The third-order valence-corrected chi connectivity index (χ3v) is 7.67. The van der Waals surface area contributed by atoms with Gasteiger partial charge in [0.25, 0.3) is 0 Å². The first-order valence-corrected chi connectivity index (χ1v) is 8.98. The summed E-state index contributed by atoms with van der Waals surface area (Å²) in [6, 6.07) is 0. The molecular formula is C19H29NO2. The Morgan fingerprint density at radius 2 is 2.05 bits per heavy atom. The average molecular weight is 303 g/mol. The van der Waals surface area contributed by atoms with Gasteiger partial charge < -0.3 is 10.0 Å². The van der Waals surface area contributed by atoms with Gasteiger partial charge in [0.15, 0.2) is 5.78 Å². The maximum Gasteiger partial charge on any atom is 0.157 e. The third-order valence-electron chi connectivity index (χ3n) is 7.67. The maximum atomic E-state index is 11.9. The van der Waals surface area contributed by atoms with Crippen molar-refractivity contribution in [2.45, 2.75) is 58.5 Å². The zero-order chi connectivity index (χ0) is 15.7. The molecule has 1 saturated heterocycles. The van der Waals surface area contributed by atoms with Crippen molar-refractivity contribution in [1.29, 1.82) is 0 Å². The third kappa shape index (κ3) is 1.87. The van der Waals surface area contributed by atoms with Gasteiger partial charge in [-0.3, -0.25) is 4.79 Å². The van der Waals surface area contributed by atoms with Crippen molar-refractivity contribution in [1.82, 2.24) is 4.90 Å². The molecule has 6 atom stereocenters. The fourth-order valence-electron chi connectivity index (χ4n) is 6.59. The topological polar surface area (TPSA) is 40.5 Å². The van der Waals surface area contributed by atoms with Crippen LogP contribution in [0.2, 0.25) is 0 Å². The molecule has 4 rings (SSSR count). The number of nitrogens with zero attached hydrogens (tertiary/aromatic N) is 1. The highest BCUT2D eigenvalue weighted by Gasteiger charge is 2.58. The minimum Gasteiger partial charge on any atom is -0.393 e. The molecular weight excluding hydrogens is 274 g/mol. The monoisotopic (exact) mass is 303 g/mol. The second-order valence-electron chi connectivity index (χ2n) is 8.96. The number of carbonyl (C=O) groups is 1. The summed E-state index contributed by atoms with van der Waals surface area (Å²) in [5, 5.41) is 10.2. The summed E-state index contributed by atoms with van der Waals surface area (Å²) in [6.45, 7) is 5.86. The molecule has 1 unspecified atom stereocenters. The first kappa shape index (κ1) is 14.7. The summed E-state index contributed by atoms with van der Waals surface area (Å²) >= 11 is 0. The summed E-state index contributed by atoms with van der Waals surface area (Å²) in [4.78, 5) is 14.3. The number of hydrogen-bond donors (Lipinski definition) is 1. The number of ketones is 1. The lowest BCUT2D eigenvalue weighted by Crippen LogP contribution is -2.56. The van der Waals surface area contributed by atoms with Crippen molar-refractivity contribution < 1.29 is 9.90 Å². The van der Waals surface area contributed by atoms with Crippen molar-refractivity contribution in [3.05, 3.63) is 11.8 Å². The molecule has 0 aromatic heterocycles. The first-order chi connectivity index (χ1) is 10.3. The lowest BCUT2D eigenvalue weighted by atomic mass is 9.50. The Morgan fingerprint density at radius 3 is 2.82 bits per heavy atom. The van der Waals surface area contributed by atoms with Gasteiger partial charge in [-0.15, -0.1) is 0 Å². The highest BCUT2D eigenvalue weighted by atomic mass is 16.3. The molecule has 3 aliphatic carbocycles. The molecule has 4 aliphatic rings. The van der Waals surface area contributed by atoms with Gasteiger partial charge in [0.2, 0.25) is 0 Å². The summed E-state index contributed by atoms with van der Waals surface area (Å²) < 4.78 is 0. The Morgan fingerprint density at radius 1 is 1.27 bits per heavy atom. The van der Waals surface area contributed by atoms with Gasteiger partial charge in [0.1, 0.15) is 0 Å². The highest BCUT2D eigenvalue weighted by molar-refractivity contribution is 5.91. The molecule has 22 heavy (non-hydrogen) atoms. The Bertz CT molecular complexity index is 542. The van der Waals surface area contributed by atoms with Crippen LogP contribution in [0.1, 0.15) is 52.4 Å². The van der Waals surface area contributed by atoms with E-state index in [1.54, 1.807) is 0 Å². The molecule has 0 bridgehead atoms. The lowest BCUT2D eigenvalue weighted by Gasteiger charge is -2.59. The van der Waals surface area contributed by atoms with Crippen LogP contribution >= 0.6 is 0 Å². The molecule has 0 radical (unpaired) electrons. The number of aliphatic hydroxyl groups is 1. The Kier molecular flexibility index (Phi) is 3.08. The van der Waals surface area contributed by atoms with Gasteiger partial charge in [0.05, 0.1) is 6.10 Å². The van der Waals surface area contributed by atoms with E-state index in [1.165, 1.54) is 18.5 Å². The Labute approximate surface area is 133 Å². The number of aliphatic hydroxyl groups excluding tert-OH is 1. The molecule has 122 valence electrons. The van der Waals surface area contributed by atoms with Crippen molar-refractivity contribution in [3.63, 3.8) is 0 Å². The van der Waals surface area contributed by atoms with E-state index in [1.807, 2.05) is 6.08 Å². The standard InChI is InChI=1S/C19H29NO2/c1-18-6-5-15-14(16(18)8-13(22)10-18)11-20(3)17-9-12(21)4-7-19(15,17)2/h9,13-16,22H,4-8,10-11H2,1-3H3/t13?,14-,15-,16+,18-,19-/m1/s1. The van der Waals surface area contributed by atoms with Gasteiger partial charge in [-0.05, 0) is 55.3 Å². The Balaban J connectivity index is 1.72. The number of carbonyl (C=O) groups excluding carboxylic acids is 1. The molecule has 1 aliphatic heterocycles. The van der Waals surface area contributed by atoms with E-state index in [2.05, 4.69) is 25.8 Å². The van der Waals surface area contributed by atoms with Gasteiger partial charge in [-0.1, -0.05) is 13.8 Å². The maximum absolute atomic E-state index is 11.9. The predicted octanol–water partition coefficient (Wildman–Crippen LogP) is 2.99. The summed E-state index contributed by atoms with van der Waals surface area (Å²) in [5.74, 6) is 2.32. The van der Waals surface area contributed by atoms with E-state index < -0.39 is 0 Å². The molecule has 1 heterocycles. The minimum atomic E-state index is -0.100. The predicted molar refractivity (Wildman–Crippen MR) is 86.1 cm³/mol. The number of hydrogen-bond acceptors (Lipinski definition) is 3. The van der Waals surface area contributed by atoms with Crippen LogP contribution in [0.3, 0.4) is 0 Å². The van der Waals surface area contributed by atoms with Crippen molar-refractivity contribution in [3.8, 4) is 0 Å². The molecule has 3 fully saturated rings. The van der Waals surface area contributed by atoms with Crippen LogP contribution in [0.5, 0.6) is 0 Å². The highest BCUT2D eigenvalue weighted by Crippen LogP contribution is 2.63. The summed E-state index contributed by atoms with van der Waals surface area (Å²) in [7, 11) is 2.16. The van der Waals surface area contributed by atoms with Crippen LogP contribution in [-0.4, -0.2) is 35.5 Å². The minimum absolute atomic E-state index is 0.100. The lowest BCUT2D eigenvalue weighted by molar-refractivity contribution is -0.118. The van der Waals surface area contributed by atoms with Crippen molar-refractivity contribution >= 4 is 5.78 Å². The summed E-state index contributed by atoms with van der Waals surface area (Å²) in [6.07, 6.45) is 8.03. The van der Waals surface area contributed by atoms with Crippen LogP contribution in [0, 0.1) is 28.6 Å². The van der Waals surface area contributed by atoms with Crippen molar-refractivity contribution in [2.24, 2.45) is 28.6 Å². The van der Waals surface area contributed by atoms with Gasteiger partial charge in [0, 0.05) is 37.2 Å². The molecule has 3 heteroatoms. The van der Waals surface area contributed by atoms with Gasteiger partial charge >= 0.3 is 0 Å². The molecule has 1 N–H and O–H groups in total. The fraction of sp³-hybridized carbons (Fsp3) is 0.842. The molecule has 0 aromatic rings. The largest absolute Gasteiger partial charge is 0.393 e. The number of likely N-dealkylation sites (tertiary alicyclic amines) is 1. The van der Waals surface area contributed by atoms with Crippen LogP contribution < -0.4 is 0 Å². The smallest absolute Gasteiger partial charge is 0.157 e. The van der Waals surface area contributed by atoms with Crippen LogP contribution in [0.25, 0.3) is 0 Å². The quantitative estimate of drug-likeness (QED) is 0.748. The zero-order valence-electron chi connectivity index (χ0n) is 14.1. The molecule has 2 saturated carbocycles. The normalized spacial score (nSPS) is 51.0. The Hall–Kier alpha value is -0.830. The second kappa shape index (κ2) is 4.59. The summed E-state index contributed by atoms with van der Waals surface area (Å²) in [5.41, 5.74) is 1.79. The fourth-order valence-corrected chi connectivity index (χ4v) is 6.59. The number of allylic oxidation sites excluding steroid dienone is 2. The van der Waals surface area contributed by atoms with E-state index in [0.717, 1.165) is 25.8 Å². The van der Waals surface area contributed by atoms with Gasteiger partial charge in [-0.25, -0.2) is 0 Å². The van der Waals surface area contributed by atoms with E-state index in [0.29, 0.717) is 35.4 Å². The molecule has 0 aromatic carbocycles. The zero-order valence-corrected chi connectivity index (χ0v) is 14.1. The van der Waals surface area contributed by atoms with Crippen LogP contribution in [0.15, 0.2) is 11.8 Å². The first-order valence-electron chi connectivity index (χ1n) is 8.98. The SMILES string of the molecule is CN1C[C@@H]2[C@@H](CC[C@]3(C)CC(O)C[C@@H]23)[C@@]2(C)CCC(=O)C=C12.